The largest absolute Gasteiger partial charge is 0.497 e. The number of rotatable bonds is 6. The summed E-state index contributed by atoms with van der Waals surface area (Å²) in [6.07, 6.45) is 0. The van der Waals surface area contributed by atoms with Gasteiger partial charge in [-0.2, -0.15) is 0 Å². The molecule has 0 bridgehead atoms. The Labute approximate surface area is 247 Å². The highest BCUT2D eigenvalue weighted by Crippen LogP contribution is 2.58. The topological polar surface area (TPSA) is 36.9 Å². The SMILES string of the molecule is COc1ccc(C#Cc2c(C)ccc3c2C(c2ccc(OC)cc2)(c2ccc(OC)cc2)c2cc(OC)ccc2-3)cc1. The number of hydrogen-bond acceptors (Lipinski definition) is 4. The lowest BCUT2D eigenvalue weighted by molar-refractivity contribution is 0.413. The predicted molar refractivity (Wildman–Crippen MR) is 167 cm³/mol. The number of methoxy groups -OCH3 is 4. The van der Waals surface area contributed by atoms with Crippen LogP contribution in [0.2, 0.25) is 0 Å². The maximum Gasteiger partial charge on any atom is 0.119 e. The lowest BCUT2D eigenvalue weighted by Crippen LogP contribution is -2.30. The van der Waals surface area contributed by atoms with Crippen LogP contribution >= 0.6 is 0 Å². The van der Waals surface area contributed by atoms with Crippen molar-refractivity contribution >= 4 is 0 Å². The Morgan fingerprint density at radius 2 is 0.976 bits per heavy atom. The zero-order valence-corrected chi connectivity index (χ0v) is 24.4. The third-order valence-electron chi connectivity index (χ3n) is 8.18. The van der Waals surface area contributed by atoms with E-state index in [1.54, 1.807) is 28.4 Å². The fourth-order valence-corrected chi connectivity index (χ4v) is 6.07. The molecule has 0 radical (unpaired) electrons. The van der Waals surface area contributed by atoms with Crippen molar-refractivity contribution in [3.63, 3.8) is 0 Å². The van der Waals surface area contributed by atoms with Crippen molar-refractivity contribution in [3.8, 4) is 46.0 Å². The molecule has 0 saturated carbocycles. The highest BCUT2D eigenvalue weighted by molar-refractivity contribution is 5.89. The van der Waals surface area contributed by atoms with E-state index in [-0.39, 0.29) is 0 Å². The van der Waals surface area contributed by atoms with Crippen LogP contribution in [0, 0.1) is 18.8 Å². The van der Waals surface area contributed by atoms with Crippen molar-refractivity contribution in [2.24, 2.45) is 0 Å². The highest BCUT2D eigenvalue weighted by Gasteiger charge is 2.48. The summed E-state index contributed by atoms with van der Waals surface area (Å²) in [4.78, 5) is 0. The number of hydrogen-bond donors (Lipinski definition) is 0. The van der Waals surface area contributed by atoms with Crippen LogP contribution in [-0.2, 0) is 5.41 Å². The first kappa shape index (κ1) is 27.1. The monoisotopic (exact) mass is 552 g/mol. The van der Waals surface area contributed by atoms with Gasteiger partial charge in [-0.1, -0.05) is 54.3 Å². The van der Waals surface area contributed by atoms with E-state index in [2.05, 4.69) is 67.3 Å². The summed E-state index contributed by atoms with van der Waals surface area (Å²) in [5.74, 6) is 10.2. The minimum absolute atomic E-state index is 0.673. The number of fused-ring (bicyclic) bond motifs is 3. The Hall–Kier alpha value is -5.14. The third-order valence-corrected chi connectivity index (χ3v) is 8.18. The third kappa shape index (κ3) is 4.35. The van der Waals surface area contributed by atoms with Crippen LogP contribution in [0.25, 0.3) is 11.1 Å². The van der Waals surface area contributed by atoms with Crippen molar-refractivity contribution in [2.75, 3.05) is 28.4 Å². The van der Waals surface area contributed by atoms with Crippen LogP contribution < -0.4 is 18.9 Å². The van der Waals surface area contributed by atoms with Gasteiger partial charge in [-0.15, -0.1) is 0 Å². The second-order valence-electron chi connectivity index (χ2n) is 10.3. The lowest BCUT2D eigenvalue weighted by atomic mass is 9.66. The summed E-state index contributed by atoms with van der Waals surface area (Å²) in [6.45, 7) is 2.13. The second-order valence-corrected chi connectivity index (χ2v) is 10.3. The van der Waals surface area contributed by atoms with Gasteiger partial charge >= 0.3 is 0 Å². The summed E-state index contributed by atoms with van der Waals surface area (Å²) < 4.78 is 22.2. The van der Waals surface area contributed by atoms with Crippen molar-refractivity contribution < 1.29 is 18.9 Å². The first-order valence-corrected chi connectivity index (χ1v) is 13.8. The highest BCUT2D eigenvalue weighted by atomic mass is 16.5. The molecule has 1 aliphatic carbocycles. The molecular formula is C38H32O4. The zero-order valence-electron chi connectivity index (χ0n) is 24.4. The van der Waals surface area contributed by atoms with E-state index in [1.807, 2.05) is 54.6 Å². The summed E-state index contributed by atoms with van der Waals surface area (Å²) >= 11 is 0. The summed E-state index contributed by atoms with van der Waals surface area (Å²) in [7, 11) is 6.76. The van der Waals surface area contributed by atoms with Gasteiger partial charge in [0.25, 0.3) is 0 Å². The summed E-state index contributed by atoms with van der Waals surface area (Å²) in [6, 6.07) is 35.3. The molecule has 0 fully saturated rings. The second kappa shape index (κ2) is 11.0. The molecule has 4 nitrogen and oxygen atoms in total. The van der Waals surface area contributed by atoms with Crippen LogP contribution in [0.1, 0.15) is 38.9 Å². The van der Waals surface area contributed by atoms with E-state index in [1.165, 1.54) is 0 Å². The Balaban J connectivity index is 1.71. The van der Waals surface area contributed by atoms with Crippen LogP contribution in [0.4, 0.5) is 0 Å². The van der Waals surface area contributed by atoms with Gasteiger partial charge in [-0.3, -0.25) is 0 Å². The molecule has 0 amide bonds. The molecule has 42 heavy (non-hydrogen) atoms. The Bertz CT molecular complexity index is 1760. The lowest BCUT2D eigenvalue weighted by Gasteiger charge is -2.35. The molecule has 208 valence electrons. The quantitative estimate of drug-likeness (QED) is 0.198. The van der Waals surface area contributed by atoms with Crippen molar-refractivity contribution in [1.29, 1.82) is 0 Å². The Kier molecular flexibility index (Phi) is 7.10. The molecule has 5 aromatic rings. The van der Waals surface area contributed by atoms with Crippen LogP contribution in [0.3, 0.4) is 0 Å². The van der Waals surface area contributed by atoms with Crippen LogP contribution in [0.15, 0.2) is 103 Å². The average molecular weight is 553 g/mol. The average Bonchev–Trinajstić information content (AvgIpc) is 3.35. The molecule has 0 aromatic heterocycles. The maximum atomic E-state index is 5.78. The number of ether oxygens (including phenoxy) is 4. The van der Waals surface area contributed by atoms with E-state index in [9.17, 15) is 0 Å². The molecule has 0 spiro atoms. The van der Waals surface area contributed by atoms with Gasteiger partial charge in [-0.05, 0) is 107 Å². The normalized spacial score (nSPS) is 12.4. The fourth-order valence-electron chi connectivity index (χ4n) is 6.07. The predicted octanol–water partition coefficient (Wildman–Crippen LogP) is 7.79. The van der Waals surface area contributed by atoms with Gasteiger partial charge in [0.2, 0.25) is 0 Å². The summed E-state index contributed by atoms with van der Waals surface area (Å²) in [5.41, 5.74) is 9.20. The van der Waals surface area contributed by atoms with E-state index in [4.69, 9.17) is 18.9 Å². The molecule has 0 unspecified atom stereocenters. The van der Waals surface area contributed by atoms with E-state index in [0.717, 1.165) is 73.1 Å². The molecule has 0 N–H and O–H groups in total. The van der Waals surface area contributed by atoms with Gasteiger partial charge in [0.15, 0.2) is 0 Å². The molecular weight excluding hydrogens is 520 g/mol. The van der Waals surface area contributed by atoms with Crippen LogP contribution in [0.5, 0.6) is 23.0 Å². The fraction of sp³-hybridized carbons (Fsp3) is 0.158. The van der Waals surface area contributed by atoms with E-state index in [0.29, 0.717) is 0 Å². The van der Waals surface area contributed by atoms with Crippen LogP contribution in [-0.4, -0.2) is 28.4 Å². The molecule has 6 rings (SSSR count). The van der Waals surface area contributed by atoms with Gasteiger partial charge < -0.3 is 18.9 Å². The van der Waals surface area contributed by atoms with Gasteiger partial charge in [0.05, 0.1) is 33.9 Å². The van der Waals surface area contributed by atoms with Crippen molar-refractivity contribution in [2.45, 2.75) is 12.3 Å². The Morgan fingerprint density at radius 1 is 0.500 bits per heavy atom. The first-order chi connectivity index (χ1) is 20.5. The van der Waals surface area contributed by atoms with Gasteiger partial charge in [0, 0.05) is 11.1 Å². The maximum absolute atomic E-state index is 5.78. The molecule has 5 aromatic carbocycles. The van der Waals surface area contributed by atoms with E-state index < -0.39 is 5.41 Å². The molecule has 0 heterocycles. The minimum Gasteiger partial charge on any atom is -0.497 e. The smallest absolute Gasteiger partial charge is 0.119 e. The molecule has 1 aliphatic rings. The van der Waals surface area contributed by atoms with Gasteiger partial charge in [-0.25, -0.2) is 0 Å². The first-order valence-electron chi connectivity index (χ1n) is 13.8. The molecule has 0 saturated heterocycles. The van der Waals surface area contributed by atoms with Crippen molar-refractivity contribution in [3.05, 3.63) is 142 Å². The summed E-state index contributed by atoms with van der Waals surface area (Å²) in [5, 5.41) is 0. The number of benzene rings is 5. The molecule has 4 heteroatoms. The molecule has 0 aliphatic heterocycles. The Morgan fingerprint density at radius 3 is 1.50 bits per heavy atom. The minimum atomic E-state index is -0.673. The number of aryl methyl sites for hydroxylation is 1. The zero-order chi connectivity index (χ0) is 29.3. The molecule has 0 atom stereocenters. The van der Waals surface area contributed by atoms with E-state index >= 15 is 0 Å². The standard InChI is InChI=1S/C38H32O4/c1-25-6-21-35-34-23-20-32(42-5)24-36(34)38(27-10-16-30(40-3)17-11-27,28-12-18-31(41-4)19-13-28)37(35)33(25)22-9-26-7-14-29(39-2)15-8-26/h6-8,10-21,23-24H,1-5H3. The van der Waals surface area contributed by atoms with Gasteiger partial charge in [0.1, 0.15) is 23.0 Å². The van der Waals surface area contributed by atoms with Crippen molar-refractivity contribution in [1.82, 2.24) is 0 Å².